The van der Waals surface area contributed by atoms with Crippen LogP contribution in [0.25, 0.3) is 22.3 Å². The van der Waals surface area contributed by atoms with Crippen LogP contribution < -0.4 is 19.6 Å². The van der Waals surface area contributed by atoms with Crippen LogP contribution >= 0.6 is 0 Å². The average Bonchev–Trinajstić information content (AvgIpc) is 3.30. The Hall–Kier alpha value is -3.81. The molecule has 2 aliphatic rings. The summed E-state index contributed by atoms with van der Waals surface area (Å²) in [5.41, 5.74) is 2.89. The van der Waals surface area contributed by atoms with Crippen molar-refractivity contribution in [1.82, 2.24) is 0 Å². The lowest BCUT2D eigenvalue weighted by atomic mass is 9.95. The highest BCUT2D eigenvalue weighted by molar-refractivity contribution is 5.89. The van der Waals surface area contributed by atoms with Gasteiger partial charge in [-0.25, -0.2) is 0 Å². The van der Waals surface area contributed by atoms with Gasteiger partial charge < -0.3 is 28.1 Å². The van der Waals surface area contributed by atoms with Crippen molar-refractivity contribution in [2.75, 3.05) is 20.8 Å². The minimum atomic E-state index is -0.339. The van der Waals surface area contributed by atoms with Crippen molar-refractivity contribution in [2.45, 2.75) is 37.8 Å². The van der Waals surface area contributed by atoms with Crippen LogP contribution in [-0.2, 0) is 16.1 Å². The molecule has 4 aromatic rings. The topological polar surface area (TPSA) is 76.4 Å². The molecule has 6 rings (SSSR count). The Bertz CT molecular complexity index is 1460. The smallest absolute Gasteiger partial charge is 0.197 e. The molecule has 37 heavy (non-hydrogen) atoms. The third-order valence-electron chi connectivity index (χ3n) is 6.98. The molecule has 0 aliphatic carbocycles. The van der Waals surface area contributed by atoms with Gasteiger partial charge in [0.2, 0.25) is 0 Å². The van der Waals surface area contributed by atoms with E-state index in [0.29, 0.717) is 41.4 Å². The second-order valence-electron chi connectivity index (χ2n) is 9.31. The molecule has 0 spiro atoms. The lowest BCUT2D eigenvalue weighted by Gasteiger charge is -2.31. The van der Waals surface area contributed by atoms with Gasteiger partial charge in [-0.05, 0) is 42.7 Å². The van der Waals surface area contributed by atoms with Crippen LogP contribution in [0, 0.1) is 0 Å². The highest BCUT2D eigenvalue weighted by Gasteiger charge is 2.43. The first-order chi connectivity index (χ1) is 18.1. The molecule has 0 bridgehead atoms. The molecule has 7 heteroatoms. The largest absolute Gasteiger partial charge is 0.497 e. The van der Waals surface area contributed by atoms with Crippen LogP contribution in [-0.4, -0.2) is 33.0 Å². The third-order valence-corrected chi connectivity index (χ3v) is 6.98. The Balaban J connectivity index is 1.28. The van der Waals surface area contributed by atoms with Crippen LogP contribution in [0.5, 0.6) is 17.2 Å². The SMILES string of the molecule is COc1ccc(-c2cc(=O)c3c(OC)c4c(cc3o2)O[C@H]2CC[C@@H](COCc3ccccc3)OC42)cc1. The van der Waals surface area contributed by atoms with Gasteiger partial charge in [-0.2, -0.15) is 0 Å². The first kappa shape index (κ1) is 23.6. The fourth-order valence-electron chi connectivity index (χ4n) is 5.16. The molecule has 2 aliphatic heterocycles. The fraction of sp³-hybridized carbons (Fsp3) is 0.300. The third kappa shape index (κ3) is 4.45. The molecule has 1 fully saturated rings. The van der Waals surface area contributed by atoms with Gasteiger partial charge in [-0.1, -0.05) is 30.3 Å². The van der Waals surface area contributed by atoms with Crippen LogP contribution in [0.1, 0.15) is 30.1 Å². The van der Waals surface area contributed by atoms with Crippen molar-refractivity contribution in [3.05, 3.63) is 88.1 Å². The van der Waals surface area contributed by atoms with Gasteiger partial charge in [-0.3, -0.25) is 4.79 Å². The van der Waals surface area contributed by atoms with E-state index in [0.717, 1.165) is 35.3 Å². The van der Waals surface area contributed by atoms with Crippen molar-refractivity contribution in [2.24, 2.45) is 0 Å². The summed E-state index contributed by atoms with van der Waals surface area (Å²) in [5.74, 6) is 2.26. The zero-order valence-corrected chi connectivity index (χ0v) is 20.8. The quantitative estimate of drug-likeness (QED) is 0.323. The lowest BCUT2D eigenvalue weighted by Crippen LogP contribution is -2.35. The number of fused-ring (bicyclic) bond motifs is 4. The molecule has 3 heterocycles. The van der Waals surface area contributed by atoms with Gasteiger partial charge in [0.1, 0.15) is 46.2 Å². The maximum Gasteiger partial charge on any atom is 0.197 e. The molecule has 0 radical (unpaired) electrons. The Labute approximate surface area is 214 Å². The number of hydrogen-bond donors (Lipinski definition) is 0. The van der Waals surface area contributed by atoms with E-state index in [1.165, 1.54) is 6.07 Å². The Morgan fingerprint density at radius 3 is 2.51 bits per heavy atom. The van der Waals surface area contributed by atoms with E-state index in [9.17, 15) is 4.79 Å². The summed E-state index contributed by atoms with van der Waals surface area (Å²) in [6, 6.07) is 20.7. The number of hydrogen-bond acceptors (Lipinski definition) is 7. The Morgan fingerprint density at radius 1 is 0.946 bits per heavy atom. The van der Waals surface area contributed by atoms with E-state index in [1.807, 2.05) is 54.6 Å². The summed E-state index contributed by atoms with van der Waals surface area (Å²) in [4.78, 5) is 13.3. The summed E-state index contributed by atoms with van der Waals surface area (Å²) in [6.07, 6.45) is 1.08. The van der Waals surface area contributed by atoms with Gasteiger partial charge in [-0.15, -0.1) is 0 Å². The standard InChI is InChI=1S/C30H28O7/c1-32-20-10-8-19(9-11-20)24-14-22(31)27-25(37-24)15-26-28(30(27)33-2)29-23(36-26)13-12-21(35-29)17-34-16-18-6-4-3-5-7-18/h3-11,14-15,21,23,29H,12-13,16-17H2,1-2H3/t21-,23-,29?/m0/s1. The van der Waals surface area contributed by atoms with Gasteiger partial charge >= 0.3 is 0 Å². The van der Waals surface area contributed by atoms with E-state index in [-0.39, 0.29) is 23.7 Å². The number of methoxy groups -OCH3 is 2. The van der Waals surface area contributed by atoms with E-state index in [1.54, 1.807) is 20.3 Å². The molecule has 1 unspecified atom stereocenters. The predicted molar refractivity (Wildman–Crippen MR) is 138 cm³/mol. The maximum atomic E-state index is 13.3. The zero-order chi connectivity index (χ0) is 25.4. The van der Waals surface area contributed by atoms with Crippen LogP contribution in [0.15, 0.2) is 75.9 Å². The van der Waals surface area contributed by atoms with Crippen molar-refractivity contribution >= 4 is 11.0 Å². The van der Waals surface area contributed by atoms with Gasteiger partial charge in [0.05, 0.1) is 39.1 Å². The molecule has 0 saturated carbocycles. The van der Waals surface area contributed by atoms with Gasteiger partial charge in [0.15, 0.2) is 5.43 Å². The van der Waals surface area contributed by atoms with E-state index < -0.39 is 0 Å². The van der Waals surface area contributed by atoms with Gasteiger partial charge in [0.25, 0.3) is 0 Å². The van der Waals surface area contributed by atoms with Gasteiger partial charge in [0, 0.05) is 17.7 Å². The highest BCUT2D eigenvalue weighted by atomic mass is 16.6. The van der Waals surface area contributed by atoms with Crippen molar-refractivity contribution in [3.8, 4) is 28.6 Å². The van der Waals surface area contributed by atoms with Crippen LogP contribution in [0.4, 0.5) is 0 Å². The number of benzene rings is 3. The van der Waals surface area contributed by atoms with Crippen molar-refractivity contribution in [3.63, 3.8) is 0 Å². The molecule has 190 valence electrons. The minimum absolute atomic E-state index is 0.0752. The molecule has 1 aromatic heterocycles. The van der Waals surface area contributed by atoms with E-state index in [4.69, 9.17) is 28.1 Å². The Morgan fingerprint density at radius 2 is 1.76 bits per heavy atom. The molecule has 1 saturated heterocycles. The minimum Gasteiger partial charge on any atom is -0.497 e. The molecular weight excluding hydrogens is 472 g/mol. The predicted octanol–water partition coefficient (Wildman–Crippen LogP) is 5.68. The first-order valence-corrected chi connectivity index (χ1v) is 12.4. The second-order valence-corrected chi connectivity index (χ2v) is 9.31. The molecular formula is C30H28O7. The highest BCUT2D eigenvalue weighted by Crippen LogP contribution is 2.51. The molecule has 3 aromatic carbocycles. The maximum absolute atomic E-state index is 13.3. The average molecular weight is 501 g/mol. The molecule has 7 nitrogen and oxygen atoms in total. The summed E-state index contributed by atoms with van der Waals surface area (Å²) in [5, 5.41) is 0.383. The second kappa shape index (κ2) is 9.92. The van der Waals surface area contributed by atoms with E-state index >= 15 is 0 Å². The van der Waals surface area contributed by atoms with Crippen molar-refractivity contribution in [1.29, 1.82) is 0 Å². The monoisotopic (exact) mass is 500 g/mol. The number of ether oxygens (including phenoxy) is 5. The van der Waals surface area contributed by atoms with Crippen LogP contribution in [0.2, 0.25) is 0 Å². The Kier molecular flexibility index (Phi) is 6.32. The number of rotatable bonds is 7. The summed E-state index contributed by atoms with van der Waals surface area (Å²) >= 11 is 0. The lowest BCUT2D eigenvalue weighted by molar-refractivity contribution is -0.121. The molecule has 0 N–H and O–H groups in total. The van der Waals surface area contributed by atoms with E-state index in [2.05, 4.69) is 0 Å². The fourth-order valence-corrected chi connectivity index (χ4v) is 5.16. The van der Waals surface area contributed by atoms with Crippen molar-refractivity contribution < 1.29 is 28.1 Å². The molecule has 0 amide bonds. The summed E-state index contributed by atoms with van der Waals surface area (Å²) in [6.45, 7) is 1.02. The zero-order valence-electron chi connectivity index (χ0n) is 20.8. The molecule has 3 atom stereocenters. The van der Waals surface area contributed by atoms with Crippen LogP contribution in [0.3, 0.4) is 0 Å². The summed E-state index contributed by atoms with van der Waals surface area (Å²) < 4.78 is 35.9. The summed E-state index contributed by atoms with van der Waals surface area (Å²) in [7, 11) is 3.17. The normalized spacial score (nSPS) is 20.2. The first-order valence-electron chi connectivity index (χ1n) is 12.4.